The number of benzene rings is 1. The third-order valence-corrected chi connectivity index (χ3v) is 6.43. The topological polar surface area (TPSA) is 52.6 Å². The molecule has 0 radical (unpaired) electrons. The van der Waals surface area contributed by atoms with E-state index in [1.165, 1.54) is 16.3 Å². The minimum Gasteiger partial charge on any atom is -0.356 e. The van der Waals surface area contributed by atoms with Gasteiger partial charge in [0.1, 0.15) is 0 Å². The van der Waals surface area contributed by atoms with E-state index in [9.17, 15) is 0 Å². The Balaban J connectivity index is 1.44. The summed E-state index contributed by atoms with van der Waals surface area (Å²) in [4.78, 5) is 11.7. The first-order valence-electron chi connectivity index (χ1n) is 10.2. The van der Waals surface area contributed by atoms with E-state index in [1.54, 1.807) is 11.3 Å². The first-order valence-corrected chi connectivity index (χ1v) is 11.1. The van der Waals surface area contributed by atoms with Crippen molar-refractivity contribution < 1.29 is 0 Å². The van der Waals surface area contributed by atoms with E-state index in [4.69, 9.17) is 4.98 Å². The fraction of sp³-hybridized carbons (Fsp3) is 0.545. The van der Waals surface area contributed by atoms with Crippen LogP contribution in [0.25, 0.3) is 0 Å². The number of aliphatic imine (C=N–C) groups is 1. The van der Waals surface area contributed by atoms with Gasteiger partial charge in [0.25, 0.3) is 0 Å². The van der Waals surface area contributed by atoms with E-state index in [0.717, 1.165) is 38.4 Å². The first kappa shape index (κ1) is 20.8. The van der Waals surface area contributed by atoms with Crippen LogP contribution in [0.5, 0.6) is 0 Å². The van der Waals surface area contributed by atoms with Gasteiger partial charge in [0.2, 0.25) is 0 Å². The fourth-order valence-electron chi connectivity index (χ4n) is 3.64. The minimum absolute atomic E-state index is 0.428. The fourth-order valence-corrected chi connectivity index (χ4v) is 4.51. The number of aromatic nitrogens is 1. The molecule has 2 unspecified atom stereocenters. The summed E-state index contributed by atoms with van der Waals surface area (Å²) in [6, 6.07) is 11.7. The van der Waals surface area contributed by atoms with E-state index in [1.807, 2.05) is 7.05 Å². The van der Waals surface area contributed by atoms with Crippen LogP contribution in [-0.4, -0.2) is 48.1 Å². The molecule has 1 aromatic carbocycles. The number of nitrogens with zero attached hydrogens (tertiary/aromatic N) is 3. The molecule has 0 spiro atoms. The Labute approximate surface area is 173 Å². The number of thiazole rings is 1. The number of hydrogen-bond donors (Lipinski definition) is 2. The van der Waals surface area contributed by atoms with E-state index < -0.39 is 0 Å². The summed E-state index contributed by atoms with van der Waals surface area (Å²) in [5.41, 5.74) is 2.54. The minimum atomic E-state index is 0.428. The van der Waals surface area contributed by atoms with Gasteiger partial charge in [-0.3, -0.25) is 9.89 Å². The molecule has 1 aromatic heterocycles. The SMILES string of the molecule is CN=C(NCCc1csc(C(C)C)n1)NC1CC(C)N(Cc2ccccc2)C1. The van der Waals surface area contributed by atoms with Crippen LogP contribution in [0.2, 0.25) is 0 Å². The van der Waals surface area contributed by atoms with Crippen molar-refractivity contribution in [3.63, 3.8) is 0 Å². The second kappa shape index (κ2) is 10.0. The quantitative estimate of drug-likeness (QED) is 0.551. The third kappa shape index (κ3) is 5.79. The molecule has 28 heavy (non-hydrogen) atoms. The number of likely N-dealkylation sites (tertiary alicyclic amines) is 1. The summed E-state index contributed by atoms with van der Waals surface area (Å²) >= 11 is 1.76. The molecule has 0 bridgehead atoms. The maximum Gasteiger partial charge on any atom is 0.191 e. The van der Waals surface area contributed by atoms with Gasteiger partial charge in [0.05, 0.1) is 10.7 Å². The zero-order valence-corrected chi connectivity index (χ0v) is 18.3. The van der Waals surface area contributed by atoms with Crippen molar-refractivity contribution in [2.75, 3.05) is 20.1 Å². The molecular formula is C22H33N5S. The molecule has 1 aliphatic heterocycles. The molecule has 3 rings (SSSR count). The molecule has 2 aromatic rings. The lowest BCUT2D eigenvalue weighted by molar-refractivity contribution is 0.258. The molecule has 6 heteroatoms. The van der Waals surface area contributed by atoms with Gasteiger partial charge in [-0.1, -0.05) is 44.2 Å². The standard InChI is InChI=1S/C22H33N5S/c1-16(2)21-25-19(15-28-21)10-11-24-22(23-4)26-20-12-17(3)27(14-20)13-18-8-6-5-7-9-18/h5-9,15-17,20H,10-14H2,1-4H3,(H2,23,24,26). The van der Waals surface area contributed by atoms with Gasteiger partial charge in [-0.25, -0.2) is 4.98 Å². The monoisotopic (exact) mass is 399 g/mol. The normalized spacial score (nSPS) is 20.7. The molecule has 2 heterocycles. The third-order valence-electron chi connectivity index (χ3n) is 5.23. The molecule has 2 N–H and O–H groups in total. The van der Waals surface area contributed by atoms with Gasteiger partial charge < -0.3 is 10.6 Å². The second-order valence-electron chi connectivity index (χ2n) is 7.92. The lowest BCUT2D eigenvalue weighted by Gasteiger charge is -2.21. The number of guanidine groups is 1. The molecule has 152 valence electrons. The van der Waals surface area contributed by atoms with Crippen LogP contribution >= 0.6 is 11.3 Å². The van der Waals surface area contributed by atoms with E-state index >= 15 is 0 Å². The van der Waals surface area contributed by atoms with Crippen molar-refractivity contribution in [1.29, 1.82) is 0 Å². The van der Waals surface area contributed by atoms with Gasteiger partial charge >= 0.3 is 0 Å². The summed E-state index contributed by atoms with van der Waals surface area (Å²) in [5, 5.41) is 10.4. The Kier molecular flexibility index (Phi) is 7.45. The van der Waals surface area contributed by atoms with E-state index in [2.05, 4.69) is 77.0 Å². The van der Waals surface area contributed by atoms with Crippen LogP contribution in [-0.2, 0) is 13.0 Å². The van der Waals surface area contributed by atoms with Crippen molar-refractivity contribution in [3.05, 3.63) is 52.0 Å². The smallest absolute Gasteiger partial charge is 0.191 e. The average Bonchev–Trinajstić information content (AvgIpc) is 3.29. The largest absolute Gasteiger partial charge is 0.356 e. The molecule has 5 nitrogen and oxygen atoms in total. The number of hydrogen-bond acceptors (Lipinski definition) is 4. The van der Waals surface area contributed by atoms with Crippen LogP contribution < -0.4 is 10.6 Å². The zero-order chi connectivity index (χ0) is 19.9. The summed E-state index contributed by atoms with van der Waals surface area (Å²) < 4.78 is 0. The van der Waals surface area contributed by atoms with Crippen LogP contribution in [0.15, 0.2) is 40.7 Å². The number of nitrogens with one attached hydrogen (secondary N) is 2. The molecule has 1 aliphatic rings. The summed E-state index contributed by atoms with van der Waals surface area (Å²) in [7, 11) is 1.84. The van der Waals surface area contributed by atoms with Gasteiger partial charge in [-0.2, -0.15) is 0 Å². The Bertz CT molecular complexity index is 755. The van der Waals surface area contributed by atoms with Gasteiger partial charge in [-0.05, 0) is 18.9 Å². The highest BCUT2D eigenvalue weighted by molar-refractivity contribution is 7.09. The first-order chi connectivity index (χ1) is 13.5. The zero-order valence-electron chi connectivity index (χ0n) is 17.5. The lowest BCUT2D eigenvalue weighted by Crippen LogP contribution is -2.45. The Morgan fingerprint density at radius 2 is 2.11 bits per heavy atom. The molecule has 1 fully saturated rings. The summed E-state index contributed by atoms with van der Waals surface area (Å²) in [5.74, 6) is 1.39. The maximum atomic E-state index is 4.71. The van der Waals surface area contributed by atoms with Gasteiger partial charge in [0, 0.05) is 56.5 Å². The van der Waals surface area contributed by atoms with Crippen molar-refractivity contribution in [2.24, 2.45) is 4.99 Å². The summed E-state index contributed by atoms with van der Waals surface area (Å²) in [6.45, 7) is 9.59. The Hall–Kier alpha value is -1.92. The van der Waals surface area contributed by atoms with E-state index in [-0.39, 0.29) is 0 Å². The molecule has 0 aliphatic carbocycles. The van der Waals surface area contributed by atoms with Gasteiger partial charge in [-0.15, -0.1) is 11.3 Å². The molecule has 2 atom stereocenters. The predicted molar refractivity (Wildman–Crippen MR) is 119 cm³/mol. The predicted octanol–water partition coefficient (Wildman–Crippen LogP) is 3.64. The maximum absolute atomic E-state index is 4.71. The average molecular weight is 400 g/mol. The number of rotatable bonds is 7. The highest BCUT2D eigenvalue weighted by Crippen LogP contribution is 2.20. The van der Waals surface area contributed by atoms with Crippen molar-refractivity contribution in [3.8, 4) is 0 Å². The highest BCUT2D eigenvalue weighted by Gasteiger charge is 2.29. The van der Waals surface area contributed by atoms with Crippen LogP contribution in [0.1, 0.15) is 49.4 Å². The molecule has 0 saturated carbocycles. The van der Waals surface area contributed by atoms with Crippen LogP contribution in [0.3, 0.4) is 0 Å². The van der Waals surface area contributed by atoms with Crippen molar-refractivity contribution in [1.82, 2.24) is 20.5 Å². The molecule has 1 saturated heterocycles. The van der Waals surface area contributed by atoms with Gasteiger partial charge in [0.15, 0.2) is 5.96 Å². The highest BCUT2D eigenvalue weighted by atomic mass is 32.1. The van der Waals surface area contributed by atoms with E-state index in [0.29, 0.717) is 18.0 Å². The Morgan fingerprint density at radius 1 is 1.32 bits per heavy atom. The summed E-state index contributed by atoms with van der Waals surface area (Å²) in [6.07, 6.45) is 2.06. The molecular weight excluding hydrogens is 366 g/mol. The van der Waals surface area contributed by atoms with Crippen LogP contribution in [0.4, 0.5) is 0 Å². The molecule has 0 amide bonds. The Morgan fingerprint density at radius 3 is 2.79 bits per heavy atom. The lowest BCUT2D eigenvalue weighted by atomic mass is 10.2. The van der Waals surface area contributed by atoms with Crippen molar-refractivity contribution in [2.45, 2.75) is 58.2 Å². The van der Waals surface area contributed by atoms with Crippen LogP contribution in [0, 0.1) is 0 Å². The van der Waals surface area contributed by atoms with Crippen molar-refractivity contribution >= 4 is 17.3 Å². The second-order valence-corrected chi connectivity index (χ2v) is 8.81.